The maximum atomic E-state index is 5.63. The molecule has 0 amide bonds. The van der Waals surface area contributed by atoms with Gasteiger partial charge < -0.3 is 15.4 Å². The van der Waals surface area contributed by atoms with Crippen molar-refractivity contribution in [2.45, 2.75) is 19.1 Å². The average Bonchev–Trinajstić information content (AvgIpc) is 2.49. The number of benzene rings is 1. The van der Waals surface area contributed by atoms with Crippen molar-refractivity contribution in [2.75, 3.05) is 32.5 Å². The molecule has 4 nitrogen and oxygen atoms in total. The molecule has 0 fully saturated rings. The number of guanidine groups is 1. The second-order valence-corrected chi connectivity index (χ2v) is 5.63. The lowest BCUT2D eigenvalue weighted by molar-refractivity contribution is 0.322. The predicted octanol–water partition coefficient (Wildman–Crippen LogP) is 2.37. The molecular weight excluding hydrogens is 270 g/mol. The summed E-state index contributed by atoms with van der Waals surface area (Å²) < 4.78 is 5.63. The van der Waals surface area contributed by atoms with Gasteiger partial charge in [0, 0.05) is 11.8 Å². The molecule has 5 heteroatoms. The van der Waals surface area contributed by atoms with Crippen LogP contribution in [0.25, 0.3) is 0 Å². The Morgan fingerprint density at radius 3 is 2.70 bits per heavy atom. The zero-order valence-electron chi connectivity index (χ0n) is 12.6. The molecule has 112 valence electrons. The summed E-state index contributed by atoms with van der Waals surface area (Å²) in [6.07, 6.45) is 2.11. The molecule has 0 heterocycles. The van der Waals surface area contributed by atoms with E-state index in [1.165, 1.54) is 0 Å². The van der Waals surface area contributed by atoms with Crippen LogP contribution in [0.1, 0.15) is 13.8 Å². The van der Waals surface area contributed by atoms with Crippen molar-refractivity contribution in [3.63, 3.8) is 0 Å². The van der Waals surface area contributed by atoms with Crippen molar-refractivity contribution in [2.24, 2.45) is 4.99 Å². The van der Waals surface area contributed by atoms with Crippen LogP contribution >= 0.6 is 11.8 Å². The van der Waals surface area contributed by atoms with E-state index >= 15 is 0 Å². The molecule has 1 rings (SSSR count). The fraction of sp³-hybridized carbons (Fsp3) is 0.533. The van der Waals surface area contributed by atoms with Gasteiger partial charge in [0.05, 0.1) is 13.1 Å². The zero-order chi connectivity index (χ0) is 14.6. The summed E-state index contributed by atoms with van der Waals surface area (Å²) in [4.78, 5) is 4.55. The van der Waals surface area contributed by atoms with Crippen LogP contribution < -0.4 is 15.4 Å². The molecule has 1 aromatic rings. The maximum absolute atomic E-state index is 5.63. The van der Waals surface area contributed by atoms with Gasteiger partial charge in [-0.1, -0.05) is 25.1 Å². The van der Waals surface area contributed by atoms with Gasteiger partial charge in [-0.15, -0.1) is 0 Å². The summed E-state index contributed by atoms with van der Waals surface area (Å²) in [6.45, 7) is 7.27. The fourth-order valence-corrected chi connectivity index (χ4v) is 1.71. The molecule has 0 bridgehead atoms. The molecule has 0 radical (unpaired) electrons. The molecule has 0 aromatic heterocycles. The van der Waals surface area contributed by atoms with E-state index in [2.05, 4.69) is 35.7 Å². The van der Waals surface area contributed by atoms with Crippen LogP contribution in [-0.2, 0) is 0 Å². The molecule has 0 aliphatic carbocycles. The van der Waals surface area contributed by atoms with Crippen molar-refractivity contribution in [3.8, 4) is 5.75 Å². The summed E-state index contributed by atoms with van der Waals surface area (Å²) in [5, 5.41) is 7.04. The number of ether oxygens (including phenoxy) is 1. The van der Waals surface area contributed by atoms with E-state index in [0.29, 0.717) is 11.9 Å². The lowest BCUT2D eigenvalue weighted by Crippen LogP contribution is -2.39. The third-order valence-electron chi connectivity index (χ3n) is 2.66. The monoisotopic (exact) mass is 295 g/mol. The van der Waals surface area contributed by atoms with E-state index in [9.17, 15) is 0 Å². The van der Waals surface area contributed by atoms with Crippen molar-refractivity contribution in [1.29, 1.82) is 0 Å². The SMILES string of the molecule is CCNC(=NCC(C)SC)NCCOc1ccccc1. The van der Waals surface area contributed by atoms with Crippen LogP contribution in [0.15, 0.2) is 35.3 Å². The van der Waals surface area contributed by atoms with Gasteiger partial charge in [0.15, 0.2) is 5.96 Å². The lowest BCUT2D eigenvalue weighted by Gasteiger charge is -2.13. The zero-order valence-corrected chi connectivity index (χ0v) is 13.4. The first-order valence-electron chi connectivity index (χ1n) is 6.99. The Balaban J connectivity index is 2.28. The Kier molecular flexibility index (Phi) is 8.71. The van der Waals surface area contributed by atoms with Gasteiger partial charge >= 0.3 is 0 Å². The highest BCUT2D eigenvalue weighted by Crippen LogP contribution is 2.07. The molecule has 0 saturated heterocycles. The Morgan fingerprint density at radius 1 is 1.30 bits per heavy atom. The quantitative estimate of drug-likeness (QED) is 0.439. The minimum atomic E-state index is 0.533. The summed E-state index contributed by atoms with van der Waals surface area (Å²) >= 11 is 1.82. The van der Waals surface area contributed by atoms with Crippen LogP contribution in [0.4, 0.5) is 0 Å². The van der Waals surface area contributed by atoms with Crippen LogP contribution in [0.5, 0.6) is 5.75 Å². The number of aliphatic imine (C=N–C) groups is 1. The van der Waals surface area contributed by atoms with E-state index in [1.807, 2.05) is 42.1 Å². The number of para-hydroxylation sites is 1. The lowest BCUT2D eigenvalue weighted by atomic mass is 10.3. The van der Waals surface area contributed by atoms with E-state index in [0.717, 1.165) is 31.3 Å². The van der Waals surface area contributed by atoms with E-state index in [4.69, 9.17) is 4.74 Å². The predicted molar refractivity (Wildman–Crippen MR) is 88.9 cm³/mol. The minimum Gasteiger partial charge on any atom is -0.492 e. The highest BCUT2D eigenvalue weighted by molar-refractivity contribution is 7.99. The molecule has 1 atom stereocenters. The smallest absolute Gasteiger partial charge is 0.191 e. The minimum absolute atomic E-state index is 0.533. The van der Waals surface area contributed by atoms with Gasteiger partial charge in [-0.05, 0) is 25.3 Å². The third-order valence-corrected chi connectivity index (χ3v) is 3.61. The number of nitrogens with one attached hydrogen (secondary N) is 2. The fourth-order valence-electron chi connectivity index (χ4n) is 1.49. The first kappa shape index (κ1) is 16.7. The van der Waals surface area contributed by atoms with Gasteiger partial charge in [-0.2, -0.15) is 11.8 Å². The molecule has 2 N–H and O–H groups in total. The molecule has 0 aliphatic heterocycles. The molecule has 0 saturated carbocycles. The maximum Gasteiger partial charge on any atom is 0.191 e. The molecule has 1 aromatic carbocycles. The van der Waals surface area contributed by atoms with E-state index < -0.39 is 0 Å². The number of hydrogen-bond donors (Lipinski definition) is 2. The number of nitrogens with zero attached hydrogens (tertiary/aromatic N) is 1. The number of thioether (sulfide) groups is 1. The van der Waals surface area contributed by atoms with Gasteiger partial charge in [-0.3, -0.25) is 4.99 Å². The van der Waals surface area contributed by atoms with E-state index in [1.54, 1.807) is 0 Å². The van der Waals surface area contributed by atoms with E-state index in [-0.39, 0.29) is 0 Å². The Hall–Kier alpha value is -1.36. The van der Waals surface area contributed by atoms with Gasteiger partial charge in [0.1, 0.15) is 12.4 Å². The standard InChI is InChI=1S/C15H25N3OS/c1-4-16-15(18-12-13(2)20-3)17-10-11-19-14-8-6-5-7-9-14/h5-9,13H,4,10-12H2,1-3H3,(H2,16,17,18). The van der Waals surface area contributed by atoms with Crippen molar-refractivity contribution in [3.05, 3.63) is 30.3 Å². The second kappa shape index (κ2) is 10.4. The summed E-state index contributed by atoms with van der Waals surface area (Å²) in [5.74, 6) is 1.75. The molecule has 0 aliphatic rings. The third kappa shape index (κ3) is 7.28. The number of rotatable bonds is 8. The Bertz CT molecular complexity index is 384. The Morgan fingerprint density at radius 2 is 2.05 bits per heavy atom. The first-order chi connectivity index (χ1) is 9.76. The molecule has 0 spiro atoms. The average molecular weight is 295 g/mol. The summed E-state index contributed by atoms with van der Waals surface area (Å²) in [7, 11) is 0. The van der Waals surface area contributed by atoms with Crippen LogP contribution in [0.3, 0.4) is 0 Å². The van der Waals surface area contributed by atoms with Crippen molar-refractivity contribution < 1.29 is 4.74 Å². The van der Waals surface area contributed by atoms with Crippen LogP contribution in [0.2, 0.25) is 0 Å². The molecule has 20 heavy (non-hydrogen) atoms. The number of hydrogen-bond acceptors (Lipinski definition) is 3. The summed E-state index contributed by atoms with van der Waals surface area (Å²) in [6, 6.07) is 9.84. The highest BCUT2D eigenvalue weighted by Gasteiger charge is 2.00. The second-order valence-electron chi connectivity index (χ2n) is 4.35. The Labute approximate surface area is 126 Å². The van der Waals surface area contributed by atoms with Crippen LogP contribution in [-0.4, -0.2) is 43.7 Å². The van der Waals surface area contributed by atoms with Gasteiger partial charge in [-0.25, -0.2) is 0 Å². The summed E-state index contributed by atoms with van der Waals surface area (Å²) in [5.41, 5.74) is 0. The van der Waals surface area contributed by atoms with Crippen LogP contribution in [0, 0.1) is 0 Å². The first-order valence-corrected chi connectivity index (χ1v) is 8.27. The molecular formula is C15H25N3OS. The highest BCUT2D eigenvalue weighted by atomic mass is 32.2. The largest absolute Gasteiger partial charge is 0.492 e. The normalized spacial score (nSPS) is 12.8. The topological polar surface area (TPSA) is 45.7 Å². The van der Waals surface area contributed by atoms with Crippen molar-refractivity contribution >= 4 is 17.7 Å². The van der Waals surface area contributed by atoms with Crippen molar-refractivity contribution in [1.82, 2.24) is 10.6 Å². The van der Waals surface area contributed by atoms with Gasteiger partial charge in [0.2, 0.25) is 0 Å². The van der Waals surface area contributed by atoms with Gasteiger partial charge in [0.25, 0.3) is 0 Å². The molecule has 1 unspecified atom stereocenters.